The standard InChI is InChI=1S/C6H7N5S/c1-7-5-4-8-6(12-5)11-9-2-3-10-11/h2-4,7H,1H3. The van der Waals surface area contributed by atoms with Gasteiger partial charge in [0.1, 0.15) is 5.00 Å². The smallest absolute Gasteiger partial charge is 0.231 e. The summed E-state index contributed by atoms with van der Waals surface area (Å²) in [5.74, 6) is 0. The number of aromatic nitrogens is 4. The van der Waals surface area contributed by atoms with Crippen LogP contribution in [0.3, 0.4) is 0 Å². The molecule has 62 valence electrons. The van der Waals surface area contributed by atoms with Crippen LogP contribution < -0.4 is 5.32 Å². The molecule has 2 aromatic rings. The molecule has 2 heterocycles. The molecule has 6 heteroatoms. The van der Waals surface area contributed by atoms with Gasteiger partial charge in [-0.15, -0.1) is 4.80 Å². The van der Waals surface area contributed by atoms with Crippen molar-refractivity contribution in [2.75, 3.05) is 12.4 Å². The Morgan fingerprint density at radius 2 is 2.17 bits per heavy atom. The molecular weight excluding hydrogens is 174 g/mol. The van der Waals surface area contributed by atoms with Gasteiger partial charge in [0.05, 0.1) is 18.6 Å². The molecule has 0 unspecified atom stereocenters. The van der Waals surface area contributed by atoms with Gasteiger partial charge >= 0.3 is 0 Å². The van der Waals surface area contributed by atoms with Crippen LogP contribution in [0.15, 0.2) is 18.6 Å². The molecule has 0 aliphatic rings. The Hall–Kier alpha value is -1.43. The maximum absolute atomic E-state index is 4.12. The Kier molecular flexibility index (Phi) is 1.75. The lowest BCUT2D eigenvalue weighted by atomic mass is 10.8. The minimum absolute atomic E-state index is 0.768. The second-order valence-electron chi connectivity index (χ2n) is 2.08. The normalized spacial score (nSPS) is 10.1. The fourth-order valence-corrected chi connectivity index (χ4v) is 1.47. The van der Waals surface area contributed by atoms with Crippen molar-refractivity contribution in [2.24, 2.45) is 0 Å². The molecule has 2 aromatic heterocycles. The van der Waals surface area contributed by atoms with Crippen molar-refractivity contribution >= 4 is 16.3 Å². The summed E-state index contributed by atoms with van der Waals surface area (Å²) in [6.45, 7) is 0. The van der Waals surface area contributed by atoms with Crippen LogP contribution in [-0.4, -0.2) is 27.0 Å². The number of rotatable bonds is 2. The number of nitrogens with one attached hydrogen (secondary N) is 1. The van der Waals surface area contributed by atoms with E-state index in [1.165, 1.54) is 16.1 Å². The van der Waals surface area contributed by atoms with Gasteiger partial charge < -0.3 is 5.32 Å². The Bertz CT molecular complexity index is 352. The van der Waals surface area contributed by atoms with E-state index in [-0.39, 0.29) is 0 Å². The van der Waals surface area contributed by atoms with Crippen molar-refractivity contribution in [1.82, 2.24) is 20.0 Å². The van der Waals surface area contributed by atoms with E-state index < -0.39 is 0 Å². The van der Waals surface area contributed by atoms with Gasteiger partial charge in [0.25, 0.3) is 0 Å². The monoisotopic (exact) mass is 181 g/mol. The van der Waals surface area contributed by atoms with E-state index in [4.69, 9.17) is 0 Å². The predicted octanol–water partition coefficient (Wildman–Crippen LogP) is 0.765. The van der Waals surface area contributed by atoms with E-state index in [1.54, 1.807) is 18.6 Å². The van der Waals surface area contributed by atoms with Crippen LogP contribution in [0.1, 0.15) is 0 Å². The third kappa shape index (κ3) is 1.16. The molecule has 0 aromatic carbocycles. The molecule has 0 bridgehead atoms. The summed E-state index contributed by atoms with van der Waals surface area (Å²) in [4.78, 5) is 5.62. The summed E-state index contributed by atoms with van der Waals surface area (Å²) in [5.41, 5.74) is 0. The van der Waals surface area contributed by atoms with Crippen molar-refractivity contribution < 1.29 is 0 Å². The first kappa shape index (κ1) is 7.23. The lowest BCUT2D eigenvalue weighted by molar-refractivity contribution is 0.745. The molecule has 1 N–H and O–H groups in total. The summed E-state index contributed by atoms with van der Waals surface area (Å²) < 4.78 is 0. The summed E-state index contributed by atoms with van der Waals surface area (Å²) in [5, 5.41) is 12.7. The summed E-state index contributed by atoms with van der Waals surface area (Å²) in [6, 6.07) is 0. The van der Waals surface area contributed by atoms with Gasteiger partial charge in [0.15, 0.2) is 0 Å². The van der Waals surface area contributed by atoms with E-state index in [2.05, 4.69) is 20.5 Å². The van der Waals surface area contributed by atoms with Crippen LogP contribution in [-0.2, 0) is 0 Å². The molecule has 0 radical (unpaired) electrons. The Balaban J connectivity index is 2.35. The van der Waals surface area contributed by atoms with Gasteiger partial charge in [-0.05, 0) is 0 Å². The van der Waals surface area contributed by atoms with Gasteiger partial charge in [0, 0.05) is 7.05 Å². The number of anilines is 1. The predicted molar refractivity (Wildman–Crippen MR) is 46.6 cm³/mol. The van der Waals surface area contributed by atoms with E-state index >= 15 is 0 Å². The zero-order valence-corrected chi connectivity index (χ0v) is 7.25. The van der Waals surface area contributed by atoms with Crippen molar-refractivity contribution in [3.63, 3.8) is 0 Å². The van der Waals surface area contributed by atoms with Gasteiger partial charge in [0.2, 0.25) is 5.13 Å². The second kappa shape index (κ2) is 2.90. The number of nitrogens with zero attached hydrogens (tertiary/aromatic N) is 4. The zero-order valence-electron chi connectivity index (χ0n) is 6.43. The lowest BCUT2D eigenvalue weighted by Gasteiger charge is -1.89. The minimum atomic E-state index is 0.768. The summed E-state index contributed by atoms with van der Waals surface area (Å²) in [7, 11) is 1.85. The van der Waals surface area contributed by atoms with Crippen LogP contribution >= 0.6 is 11.3 Å². The quantitative estimate of drug-likeness (QED) is 0.743. The molecule has 0 saturated carbocycles. The largest absolute Gasteiger partial charge is 0.379 e. The molecule has 0 aliphatic heterocycles. The average molecular weight is 181 g/mol. The maximum Gasteiger partial charge on any atom is 0.231 e. The maximum atomic E-state index is 4.12. The van der Waals surface area contributed by atoms with Crippen molar-refractivity contribution in [3.8, 4) is 5.13 Å². The third-order valence-corrected chi connectivity index (χ3v) is 2.31. The van der Waals surface area contributed by atoms with Gasteiger partial charge in [-0.2, -0.15) is 10.2 Å². The first-order valence-corrected chi connectivity index (χ1v) is 4.22. The second-order valence-corrected chi connectivity index (χ2v) is 3.08. The van der Waals surface area contributed by atoms with Gasteiger partial charge in [-0.1, -0.05) is 11.3 Å². The molecule has 0 fully saturated rings. The van der Waals surface area contributed by atoms with Gasteiger partial charge in [-0.3, -0.25) is 0 Å². The minimum Gasteiger partial charge on any atom is -0.379 e. The molecule has 5 nitrogen and oxygen atoms in total. The van der Waals surface area contributed by atoms with Crippen LogP contribution in [0.2, 0.25) is 0 Å². The molecule has 2 rings (SSSR count). The van der Waals surface area contributed by atoms with Crippen molar-refractivity contribution in [1.29, 1.82) is 0 Å². The Morgan fingerprint density at radius 3 is 2.75 bits per heavy atom. The third-order valence-electron chi connectivity index (χ3n) is 1.33. The first-order chi connectivity index (χ1) is 5.90. The summed E-state index contributed by atoms with van der Waals surface area (Å²) >= 11 is 1.51. The highest BCUT2D eigenvalue weighted by atomic mass is 32.1. The van der Waals surface area contributed by atoms with E-state index in [0.29, 0.717) is 0 Å². The summed E-state index contributed by atoms with van der Waals surface area (Å²) in [6.07, 6.45) is 5.00. The molecule has 0 spiro atoms. The Labute approximate surface area is 73.1 Å². The first-order valence-electron chi connectivity index (χ1n) is 3.40. The fourth-order valence-electron chi connectivity index (χ4n) is 0.787. The molecular formula is C6H7N5S. The molecule has 0 saturated heterocycles. The van der Waals surface area contributed by atoms with E-state index in [0.717, 1.165) is 10.1 Å². The van der Waals surface area contributed by atoms with Crippen LogP contribution in [0.4, 0.5) is 5.00 Å². The molecule has 0 aliphatic carbocycles. The highest BCUT2D eigenvalue weighted by molar-refractivity contribution is 7.17. The van der Waals surface area contributed by atoms with Crippen LogP contribution in [0.25, 0.3) is 5.13 Å². The number of thiazole rings is 1. The zero-order chi connectivity index (χ0) is 8.39. The van der Waals surface area contributed by atoms with Gasteiger partial charge in [-0.25, -0.2) is 4.98 Å². The highest BCUT2D eigenvalue weighted by Crippen LogP contribution is 2.19. The highest BCUT2D eigenvalue weighted by Gasteiger charge is 2.02. The van der Waals surface area contributed by atoms with E-state index in [1.807, 2.05) is 7.05 Å². The Morgan fingerprint density at radius 1 is 1.42 bits per heavy atom. The SMILES string of the molecule is CNc1cnc(-n2nccn2)s1. The van der Waals surface area contributed by atoms with Crippen LogP contribution in [0, 0.1) is 0 Å². The van der Waals surface area contributed by atoms with Crippen molar-refractivity contribution in [3.05, 3.63) is 18.6 Å². The lowest BCUT2D eigenvalue weighted by Crippen LogP contribution is -1.96. The molecule has 12 heavy (non-hydrogen) atoms. The average Bonchev–Trinajstić information content (AvgIpc) is 2.75. The van der Waals surface area contributed by atoms with Crippen LogP contribution in [0.5, 0.6) is 0 Å². The number of hydrogen-bond donors (Lipinski definition) is 1. The van der Waals surface area contributed by atoms with E-state index in [9.17, 15) is 0 Å². The topological polar surface area (TPSA) is 55.6 Å². The van der Waals surface area contributed by atoms with Crippen molar-refractivity contribution in [2.45, 2.75) is 0 Å². The fraction of sp³-hybridized carbons (Fsp3) is 0.167. The molecule has 0 amide bonds. The number of hydrogen-bond acceptors (Lipinski definition) is 5. The molecule has 0 atom stereocenters.